The van der Waals surface area contributed by atoms with Gasteiger partial charge in [0.2, 0.25) is 0 Å². The first-order chi connectivity index (χ1) is 10.5. The molecule has 1 aromatic rings. The number of hydrogen-bond donors (Lipinski definition) is 1. The summed E-state index contributed by atoms with van der Waals surface area (Å²) in [6, 6.07) is 0. The first-order valence-electron chi connectivity index (χ1n) is 6.78. The molecule has 2 unspecified atom stereocenters. The van der Waals surface area contributed by atoms with E-state index in [2.05, 4.69) is 19.3 Å². The molecular weight excluding hydrogens is 299 g/mol. The van der Waals surface area contributed by atoms with Crippen LogP contribution in [-0.2, 0) is 30.3 Å². The molecule has 0 aliphatic carbocycles. The van der Waals surface area contributed by atoms with Crippen molar-refractivity contribution in [1.82, 2.24) is 9.78 Å². The van der Waals surface area contributed by atoms with Crippen molar-refractivity contribution in [3.05, 3.63) is 18.2 Å². The predicted molar refractivity (Wildman–Crippen MR) is 71.2 cm³/mol. The number of ether oxygens (including phenoxy) is 3. The molecule has 22 heavy (non-hydrogen) atoms. The van der Waals surface area contributed by atoms with Gasteiger partial charge in [0.05, 0.1) is 38.8 Å². The van der Waals surface area contributed by atoms with Crippen molar-refractivity contribution < 1.29 is 33.3 Å². The van der Waals surface area contributed by atoms with E-state index >= 15 is 0 Å². The first kappa shape index (κ1) is 18.1. The van der Waals surface area contributed by atoms with E-state index in [1.165, 1.54) is 0 Å². The molecule has 2 heterocycles. The lowest BCUT2D eigenvalue weighted by molar-refractivity contribution is -0.153. The van der Waals surface area contributed by atoms with Gasteiger partial charge in [-0.3, -0.25) is 4.68 Å². The van der Waals surface area contributed by atoms with Gasteiger partial charge in [0, 0.05) is 0 Å². The van der Waals surface area contributed by atoms with Gasteiger partial charge < -0.3 is 19.3 Å². The van der Waals surface area contributed by atoms with Crippen LogP contribution in [0.4, 0.5) is 4.39 Å². The lowest BCUT2D eigenvalue weighted by atomic mass is 10.3. The summed E-state index contributed by atoms with van der Waals surface area (Å²) in [5.41, 5.74) is 0. The summed E-state index contributed by atoms with van der Waals surface area (Å²) in [5.74, 6) is -1.48. The van der Waals surface area contributed by atoms with Crippen molar-refractivity contribution in [2.24, 2.45) is 0 Å². The zero-order valence-electron chi connectivity index (χ0n) is 12.4. The number of aromatic nitrogens is 2. The van der Waals surface area contributed by atoms with Crippen molar-refractivity contribution in [2.45, 2.75) is 32.6 Å². The van der Waals surface area contributed by atoms with Crippen LogP contribution in [0.3, 0.4) is 0 Å². The van der Waals surface area contributed by atoms with Gasteiger partial charge in [-0.25, -0.2) is 14.0 Å². The van der Waals surface area contributed by atoms with Crippen LogP contribution in [-0.4, -0.2) is 58.9 Å². The van der Waals surface area contributed by atoms with E-state index in [1.807, 2.05) is 0 Å². The molecule has 9 heteroatoms. The standard InChI is InChI=1S/C8H11FN2O3.C5H8O3/c1-2-14-8(13)7(12)5-11-4-6(9)3-10-11;1-2-7-5(6)4-3-8-4/h3-4,7,12H,2,5H2,1H3;4H,2-3H2,1H3. The fourth-order valence-electron chi connectivity index (χ4n) is 1.35. The van der Waals surface area contributed by atoms with Crippen molar-refractivity contribution in [1.29, 1.82) is 0 Å². The molecule has 2 rings (SSSR count). The smallest absolute Gasteiger partial charge is 0.337 e. The number of aliphatic hydroxyl groups excluding tert-OH is 1. The van der Waals surface area contributed by atoms with Gasteiger partial charge in [-0.05, 0) is 13.8 Å². The van der Waals surface area contributed by atoms with E-state index in [0.717, 1.165) is 17.1 Å². The van der Waals surface area contributed by atoms with Gasteiger partial charge in [0.1, 0.15) is 0 Å². The van der Waals surface area contributed by atoms with E-state index in [0.29, 0.717) is 13.2 Å². The number of hydrogen-bond acceptors (Lipinski definition) is 7. The monoisotopic (exact) mass is 318 g/mol. The molecule has 0 amide bonds. The van der Waals surface area contributed by atoms with Crippen LogP contribution in [0.2, 0.25) is 0 Å². The number of epoxide rings is 1. The topological polar surface area (TPSA) is 103 Å². The van der Waals surface area contributed by atoms with Gasteiger partial charge in [0.25, 0.3) is 0 Å². The minimum atomic E-state index is -1.31. The van der Waals surface area contributed by atoms with E-state index in [9.17, 15) is 19.1 Å². The second kappa shape index (κ2) is 9.11. The molecule has 1 fully saturated rings. The number of esters is 2. The maximum Gasteiger partial charge on any atom is 0.337 e. The molecule has 1 N–H and O–H groups in total. The van der Waals surface area contributed by atoms with Crippen molar-refractivity contribution in [2.75, 3.05) is 19.8 Å². The van der Waals surface area contributed by atoms with Gasteiger partial charge in [-0.2, -0.15) is 5.10 Å². The fourth-order valence-corrected chi connectivity index (χ4v) is 1.35. The third-order valence-electron chi connectivity index (χ3n) is 2.40. The highest BCUT2D eigenvalue weighted by molar-refractivity contribution is 5.76. The molecule has 0 radical (unpaired) electrons. The SMILES string of the molecule is CCOC(=O)C(O)Cn1cc(F)cn1.CCOC(=O)C1CO1. The van der Waals surface area contributed by atoms with Crippen molar-refractivity contribution in [3.8, 4) is 0 Å². The maximum absolute atomic E-state index is 12.4. The second-order valence-corrected chi connectivity index (χ2v) is 4.22. The van der Waals surface area contributed by atoms with Crippen LogP contribution in [0.5, 0.6) is 0 Å². The molecule has 1 aromatic heterocycles. The number of halogens is 1. The normalized spacial score (nSPS) is 17.0. The highest BCUT2D eigenvalue weighted by atomic mass is 19.1. The minimum Gasteiger partial charge on any atom is -0.464 e. The molecule has 0 aromatic carbocycles. The van der Waals surface area contributed by atoms with Crippen LogP contribution in [0.25, 0.3) is 0 Å². The van der Waals surface area contributed by atoms with E-state index in [-0.39, 0.29) is 25.2 Å². The van der Waals surface area contributed by atoms with Crippen LogP contribution >= 0.6 is 0 Å². The summed E-state index contributed by atoms with van der Waals surface area (Å²) >= 11 is 0. The molecule has 0 spiro atoms. The van der Waals surface area contributed by atoms with E-state index < -0.39 is 17.9 Å². The Balaban J connectivity index is 0.000000255. The predicted octanol–water partition coefficient (Wildman–Crippen LogP) is -0.106. The van der Waals surface area contributed by atoms with Crippen molar-refractivity contribution in [3.63, 3.8) is 0 Å². The zero-order chi connectivity index (χ0) is 16.5. The van der Waals surface area contributed by atoms with Gasteiger partial charge >= 0.3 is 11.9 Å². The summed E-state index contributed by atoms with van der Waals surface area (Å²) in [5, 5.41) is 12.8. The third-order valence-corrected chi connectivity index (χ3v) is 2.40. The minimum absolute atomic E-state index is 0.108. The van der Waals surface area contributed by atoms with Gasteiger partial charge in [-0.15, -0.1) is 0 Å². The summed E-state index contributed by atoms with van der Waals surface area (Å²) < 4.78 is 27.4. The Morgan fingerprint density at radius 1 is 1.50 bits per heavy atom. The quantitative estimate of drug-likeness (QED) is 0.577. The largest absolute Gasteiger partial charge is 0.464 e. The molecular formula is C13H19FN2O6. The molecule has 1 saturated heterocycles. The number of carbonyl (C=O) groups excluding carboxylic acids is 2. The number of carbonyl (C=O) groups is 2. The molecule has 0 saturated carbocycles. The average molecular weight is 318 g/mol. The van der Waals surface area contributed by atoms with Crippen LogP contribution < -0.4 is 0 Å². The number of nitrogens with zero attached hydrogens (tertiary/aromatic N) is 2. The second-order valence-electron chi connectivity index (χ2n) is 4.22. The Morgan fingerprint density at radius 2 is 2.14 bits per heavy atom. The molecule has 1 aliphatic heterocycles. The van der Waals surface area contributed by atoms with Crippen LogP contribution in [0, 0.1) is 5.82 Å². The van der Waals surface area contributed by atoms with E-state index in [1.54, 1.807) is 13.8 Å². The Hall–Kier alpha value is -2.00. The number of rotatable bonds is 6. The molecule has 8 nitrogen and oxygen atoms in total. The Labute approximate surface area is 126 Å². The molecule has 124 valence electrons. The van der Waals surface area contributed by atoms with E-state index in [4.69, 9.17) is 0 Å². The highest BCUT2D eigenvalue weighted by Gasteiger charge is 2.32. The Bertz CT molecular complexity index is 489. The van der Waals surface area contributed by atoms with Crippen molar-refractivity contribution >= 4 is 11.9 Å². The first-order valence-corrected chi connectivity index (χ1v) is 6.78. The van der Waals surface area contributed by atoms with Crippen LogP contribution in [0.1, 0.15) is 13.8 Å². The lowest BCUT2D eigenvalue weighted by Gasteiger charge is -2.08. The summed E-state index contributed by atoms with van der Waals surface area (Å²) in [7, 11) is 0. The van der Waals surface area contributed by atoms with Gasteiger partial charge in [-0.1, -0.05) is 0 Å². The number of aliphatic hydroxyl groups is 1. The Morgan fingerprint density at radius 3 is 2.59 bits per heavy atom. The Kier molecular flexibility index (Phi) is 7.47. The third kappa shape index (κ3) is 6.64. The zero-order valence-corrected chi connectivity index (χ0v) is 12.4. The summed E-state index contributed by atoms with van der Waals surface area (Å²) in [6.45, 7) is 4.49. The lowest BCUT2D eigenvalue weighted by Crippen LogP contribution is -2.28. The molecule has 2 atom stereocenters. The summed E-state index contributed by atoms with van der Waals surface area (Å²) in [4.78, 5) is 21.4. The molecule has 0 bridgehead atoms. The van der Waals surface area contributed by atoms with Crippen LogP contribution in [0.15, 0.2) is 12.4 Å². The average Bonchev–Trinajstić information content (AvgIpc) is 3.24. The van der Waals surface area contributed by atoms with Gasteiger partial charge in [0.15, 0.2) is 18.0 Å². The molecule has 1 aliphatic rings. The highest BCUT2D eigenvalue weighted by Crippen LogP contribution is 2.09. The fraction of sp³-hybridized carbons (Fsp3) is 0.615. The summed E-state index contributed by atoms with van der Waals surface area (Å²) in [6.07, 6.45) is 0.532. The maximum atomic E-state index is 12.4.